The molecular weight excluding hydrogens is 298 g/mol. The van der Waals surface area contributed by atoms with Crippen molar-refractivity contribution in [2.75, 3.05) is 11.9 Å². The predicted octanol–water partition coefficient (Wildman–Crippen LogP) is 2.38. The van der Waals surface area contributed by atoms with E-state index >= 15 is 0 Å². The number of aryl methyl sites for hydroxylation is 1. The van der Waals surface area contributed by atoms with Gasteiger partial charge in [0.15, 0.2) is 0 Å². The molecule has 0 atom stereocenters. The molecule has 2 aromatic carbocycles. The van der Waals surface area contributed by atoms with Crippen molar-refractivity contribution in [1.82, 2.24) is 0 Å². The van der Waals surface area contributed by atoms with E-state index in [-0.39, 0.29) is 30.3 Å². The largest absolute Gasteiger partial charge is 0.482 e. The molecule has 3 N–H and O–H groups in total. The zero-order valence-electron chi connectivity index (χ0n) is 12.6. The van der Waals surface area contributed by atoms with E-state index in [2.05, 4.69) is 5.32 Å². The fourth-order valence-corrected chi connectivity index (χ4v) is 2.07. The van der Waals surface area contributed by atoms with Crippen LogP contribution in [0.25, 0.3) is 0 Å². The number of ether oxygens (including phenoxy) is 1. The molecule has 0 aromatic heterocycles. The Hall–Kier alpha value is -2.93. The number of benzene rings is 2. The van der Waals surface area contributed by atoms with Gasteiger partial charge >= 0.3 is 5.69 Å². The lowest BCUT2D eigenvalue weighted by molar-refractivity contribution is -0.385. The molecule has 0 unspecified atom stereocenters. The van der Waals surface area contributed by atoms with Gasteiger partial charge in [0, 0.05) is 0 Å². The Morgan fingerprint density at radius 1 is 1.26 bits per heavy atom. The third kappa shape index (κ3) is 4.04. The van der Waals surface area contributed by atoms with Crippen LogP contribution in [0, 0.1) is 17.0 Å². The smallest absolute Gasteiger partial charge is 0.334 e. The molecule has 0 radical (unpaired) electrons. The maximum absolute atomic E-state index is 11.4. The summed E-state index contributed by atoms with van der Waals surface area (Å²) in [6.07, 6.45) is 0. The third-order valence-electron chi connectivity index (χ3n) is 3.20. The molecule has 0 bridgehead atoms. The Morgan fingerprint density at radius 3 is 2.57 bits per heavy atom. The molecule has 23 heavy (non-hydrogen) atoms. The number of nitro groups is 1. The quantitative estimate of drug-likeness (QED) is 0.628. The molecule has 0 saturated heterocycles. The Labute approximate surface area is 133 Å². The molecule has 0 aliphatic rings. The minimum absolute atomic E-state index is 0.0686. The van der Waals surface area contributed by atoms with Gasteiger partial charge < -0.3 is 15.8 Å². The van der Waals surface area contributed by atoms with E-state index in [9.17, 15) is 14.9 Å². The van der Waals surface area contributed by atoms with E-state index in [1.165, 1.54) is 6.07 Å². The molecule has 7 heteroatoms. The zero-order chi connectivity index (χ0) is 16.8. The van der Waals surface area contributed by atoms with Crippen molar-refractivity contribution in [1.29, 1.82) is 0 Å². The van der Waals surface area contributed by atoms with Crippen molar-refractivity contribution in [3.63, 3.8) is 0 Å². The summed E-state index contributed by atoms with van der Waals surface area (Å²) in [5.74, 6) is -0.375. The van der Waals surface area contributed by atoms with Gasteiger partial charge in [-0.25, -0.2) is 0 Å². The maximum Gasteiger partial charge on any atom is 0.334 e. The van der Waals surface area contributed by atoms with Crippen molar-refractivity contribution >= 4 is 17.3 Å². The number of hydrogen-bond acceptors (Lipinski definition) is 5. The first kappa shape index (κ1) is 16.4. The van der Waals surface area contributed by atoms with Crippen LogP contribution in [-0.4, -0.2) is 17.4 Å². The van der Waals surface area contributed by atoms with E-state index in [0.29, 0.717) is 5.56 Å². The van der Waals surface area contributed by atoms with E-state index in [1.54, 1.807) is 13.0 Å². The molecule has 2 aromatic rings. The Balaban J connectivity index is 2.34. The van der Waals surface area contributed by atoms with Crippen LogP contribution in [0.15, 0.2) is 42.5 Å². The highest BCUT2D eigenvalue weighted by molar-refractivity contribution is 5.95. The summed E-state index contributed by atoms with van der Waals surface area (Å²) in [5, 5.41) is 13.8. The number of carbonyl (C=O) groups excluding carboxylic acids is 1. The normalized spacial score (nSPS) is 10.2. The monoisotopic (exact) mass is 315 g/mol. The fraction of sp³-hybridized carbons (Fsp3) is 0.188. The van der Waals surface area contributed by atoms with Crippen molar-refractivity contribution in [2.45, 2.75) is 13.5 Å². The number of carbonyl (C=O) groups is 1. The summed E-state index contributed by atoms with van der Waals surface area (Å²) in [4.78, 5) is 22.3. The number of nitro benzene ring substituents is 1. The van der Waals surface area contributed by atoms with Crippen LogP contribution < -0.4 is 15.8 Å². The van der Waals surface area contributed by atoms with E-state index < -0.39 is 10.8 Å². The lowest BCUT2D eigenvalue weighted by atomic mass is 10.1. The molecule has 1 amide bonds. The molecule has 2 rings (SSSR count). The standard InChI is InChI=1S/C16H17N3O4/c1-11-7-8-13(18-14(20)9-17)15(19(21)22)16(11)23-10-12-5-3-2-4-6-12/h2-8H,9-10,17H2,1H3,(H,18,20). The van der Waals surface area contributed by atoms with Crippen molar-refractivity contribution < 1.29 is 14.5 Å². The summed E-state index contributed by atoms with van der Waals surface area (Å²) in [6, 6.07) is 12.4. The third-order valence-corrected chi connectivity index (χ3v) is 3.20. The first-order valence-corrected chi connectivity index (χ1v) is 6.97. The Bertz CT molecular complexity index is 717. The average Bonchev–Trinajstić information content (AvgIpc) is 2.55. The number of hydrogen-bond donors (Lipinski definition) is 2. The maximum atomic E-state index is 11.4. The average molecular weight is 315 g/mol. The first-order chi connectivity index (χ1) is 11.0. The molecule has 0 aliphatic carbocycles. The number of nitrogens with two attached hydrogens (primary N) is 1. The highest BCUT2D eigenvalue weighted by Crippen LogP contribution is 2.38. The second kappa shape index (κ2) is 7.37. The number of rotatable bonds is 6. The van der Waals surface area contributed by atoms with Crippen LogP contribution in [-0.2, 0) is 11.4 Å². The summed E-state index contributed by atoms with van der Waals surface area (Å²) in [7, 11) is 0. The first-order valence-electron chi connectivity index (χ1n) is 6.97. The van der Waals surface area contributed by atoms with Gasteiger partial charge in [0.05, 0.1) is 11.5 Å². The van der Waals surface area contributed by atoms with Crippen molar-refractivity contribution in [3.05, 3.63) is 63.7 Å². The molecule has 0 fully saturated rings. The van der Waals surface area contributed by atoms with Crippen LogP contribution in [0.3, 0.4) is 0 Å². The van der Waals surface area contributed by atoms with Gasteiger partial charge in [0.1, 0.15) is 12.3 Å². The van der Waals surface area contributed by atoms with Crippen molar-refractivity contribution in [3.8, 4) is 5.75 Å². The van der Waals surface area contributed by atoms with Gasteiger partial charge in [-0.1, -0.05) is 36.4 Å². The molecule has 0 saturated carbocycles. The van der Waals surface area contributed by atoms with E-state index in [4.69, 9.17) is 10.5 Å². The van der Waals surface area contributed by atoms with Crippen LogP contribution in [0.1, 0.15) is 11.1 Å². The minimum atomic E-state index is -0.570. The lowest BCUT2D eigenvalue weighted by Gasteiger charge is -2.13. The van der Waals surface area contributed by atoms with Crippen LogP contribution >= 0.6 is 0 Å². The number of amides is 1. The lowest BCUT2D eigenvalue weighted by Crippen LogP contribution is -2.22. The highest BCUT2D eigenvalue weighted by Gasteiger charge is 2.24. The molecule has 0 aliphatic heterocycles. The van der Waals surface area contributed by atoms with Crippen molar-refractivity contribution in [2.24, 2.45) is 5.73 Å². The summed E-state index contributed by atoms with van der Waals surface area (Å²) in [6.45, 7) is 1.64. The van der Waals surface area contributed by atoms with Gasteiger partial charge in [0.25, 0.3) is 0 Å². The Morgan fingerprint density at radius 2 is 1.96 bits per heavy atom. The predicted molar refractivity (Wildman–Crippen MR) is 86.3 cm³/mol. The number of nitrogens with zero attached hydrogens (tertiary/aromatic N) is 1. The second-order valence-corrected chi connectivity index (χ2v) is 4.89. The van der Waals surface area contributed by atoms with Gasteiger partial charge in [0.2, 0.25) is 11.7 Å². The summed E-state index contributed by atoms with van der Waals surface area (Å²) >= 11 is 0. The molecule has 7 nitrogen and oxygen atoms in total. The van der Waals surface area contributed by atoms with Crippen LogP contribution in [0.5, 0.6) is 5.75 Å². The minimum Gasteiger partial charge on any atom is -0.482 e. The number of nitrogens with one attached hydrogen (secondary N) is 1. The summed E-state index contributed by atoms with van der Waals surface area (Å²) in [5.41, 5.74) is 6.53. The number of anilines is 1. The summed E-state index contributed by atoms with van der Waals surface area (Å²) < 4.78 is 5.65. The topological polar surface area (TPSA) is 107 Å². The molecular formula is C16H17N3O4. The van der Waals surface area contributed by atoms with E-state index in [0.717, 1.165) is 5.56 Å². The van der Waals surface area contributed by atoms with E-state index in [1.807, 2.05) is 30.3 Å². The van der Waals surface area contributed by atoms with Crippen LogP contribution in [0.4, 0.5) is 11.4 Å². The Kier molecular flexibility index (Phi) is 5.27. The van der Waals surface area contributed by atoms with Gasteiger partial charge in [-0.2, -0.15) is 0 Å². The SMILES string of the molecule is Cc1ccc(NC(=O)CN)c([N+](=O)[O-])c1OCc1ccccc1. The molecule has 0 heterocycles. The van der Waals surface area contributed by atoms with Gasteiger partial charge in [-0.3, -0.25) is 14.9 Å². The van der Waals surface area contributed by atoms with Crippen LogP contribution in [0.2, 0.25) is 0 Å². The second-order valence-electron chi connectivity index (χ2n) is 4.89. The van der Waals surface area contributed by atoms with Gasteiger partial charge in [-0.05, 0) is 24.1 Å². The molecule has 0 spiro atoms. The molecule has 120 valence electrons. The fourth-order valence-electron chi connectivity index (χ4n) is 2.07. The zero-order valence-corrected chi connectivity index (χ0v) is 12.6. The van der Waals surface area contributed by atoms with Gasteiger partial charge in [-0.15, -0.1) is 0 Å². The highest BCUT2D eigenvalue weighted by atomic mass is 16.6.